The number of benzene rings is 3. The van der Waals surface area contributed by atoms with Crippen LogP contribution in [0, 0.1) is 0 Å². The van der Waals surface area contributed by atoms with Crippen molar-refractivity contribution in [2.45, 2.75) is 48.7 Å². The van der Waals surface area contributed by atoms with Crippen molar-refractivity contribution in [3.05, 3.63) is 117 Å². The standard InChI is InChI=1S/C36H28S12/c1-17-18(2)38-25(37-17)13-15-27-41-33-34(42-27)46-31(45-33)29-21-9-5-7-11-23(21)30(24-12-8-6-10-22(24)29)32-47-35-36(48-32)44-28(43-35)16-14-26-39-19(3)20(4)40-26/h5-20H,1-4H3. The Morgan fingerprint density at radius 1 is 0.354 bits per heavy atom. The average Bonchev–Trinajstić information content (AvgIpc) is 3.91. The third kappa shape index (κ3) is 6.65. The molecule has 0 bridgehead atoms. The van der Waals surface area contributed by atoms with Crippen molar-refractivity contribution >= 4 is 171 Å². The third-order valence-corrected chi connectivity index (χ3v) is 25.6. The van der Waals surface area contributed by atoms with E-state index in [1.54, 1.807) is 0 Å². The summed E-state index contributed by atoms with van der Waals surface area (Å²) in [4.78, 5) is 0. The summed E-state index contributed by atoms with van der Waals surface area (Å²) in [5.74, 6) is 0. The highest BCUT2D eigenvalue weighted by molar-refractivity contribution is 8.52. The van der Waals surface area contributed by atoms with Gasteiger partial charge in [-0.1, -0.05) is 170 Å². The Morgan fingerprint density at radius 2 is 0.625 bits per heavy atom. The molecule has 12 heteroatoms. The molecule has 3 aromatic rings. The molecule has 0 saturated carbocycles. The lowest BCUT2D eigenvalue weighted by molar-refractivity contribution is 0.941. The molecule has 0 aromatic heterocycles. The molecule has 6 heterocycles. The molecular weight excluding hydrogens is 817 g/mol. The van der Waals surface area contributed by atoms with E-state index >= 15 is 0 Å². The molecular formula is C36H28S12. The van der Waals surface area contributed by atoms with Gasteiger partial charge in [-0.3, -0.25) is 0 Å². The number of allylic oxidation sites excluding steroid dienone is 4. The van der Waals surface area contributed by atoms with E-state index in [4.69, 9.17) is 0 Å². The largest absolute Gasteiger partial charge is 0.115 e. The van der Waals surface area contributed by atoms with E-state index in [1.165, 1.54) is 74.4 Å². The predicted octanol–water partition coefficient (Wildman–Crippen LogP) is 14.2. The van der Waals surface area contributed by atoms with E-state index in [2.05, 4.69) is 101 Å². The van der Waals surface area contributed by atoms with Crippen molar-refractivity contribution in [2.75, 3.05) is 0 Å². The monoisotopic (exact) mass is 844 g/mol. The van der Waals surface area contributed by atoms with Crippen molar-refractivity contribution in [3.63, 3.8) is 0 Å². The Balaban J connectivity index is 1.03. The second kappa shape index (κ2) is 14.4. The van der Waals surface area contributed by atoms with Crippen LogP contribution in [0.25, 0.3) is 30.0 Å². The fourth-order valence-corrected chi connectivity index (χ4v) is 24.0. The van der Waals surface area contributed by atoms with Crippen LogP contribution < -0.4 is 10.4 Å². The topological polar surface area (TPSA) is 0 Å². The summed E-state index contributed by atoms with van der Waals surface area (Å²) in [6.45, 7) is 9.35. The summed E-state index contributed by atoms with van der Waals surface area (Å²) >= 11 is 23.8. The van der Waals surface area contributed by atoms with Crippen LogP contribution in [-0.2, 0) is 0 Å². The molecule has 4 atom stereocenters. The van der Waals surface area contributed by atoms with Gasteiger partial charge in [-0.25, -0.2) is 0 Å². The van der Waals surface area contributed by atoms with Crippen LogP contribution in [0.3, 0.4) is 0 Å². The van der Waals surface area contributed by atoms with Gasteiger partial charge in [-0.05, 0) is 45.8 Å². The average molecular weight is 845 g/mol. The second-order valence-electron chi connectivity index (χ2n) is 11.6. The lowest BCUT2D eigenvalue weighted by Crippen LogP contribution is -2.16. The lowest BCUT2D eigenvalue weighted by atomic mass is 9.99. The predicted molar refractivity (Wildman–Crippen MR) is 243 cm³/mol. The molecule has 0 nitrogen and oxygen atoms in total. The zero-order valence-electron chi connectivity index (χ0n) is 26.1. The smallest absolute Gasteiger partial charge is 0.0717 e. The minimum Gasteiger partial charge on any atom is -0.115 e. The lowest BCUT2D eigenvalue weighted by Gasteiger charge is -2.12. The van der Waals surface area contributed by atoms with Gasteiger partial charge in [-0.2, -0.15) is 0 Å². The SMILES string of the molecule is CC1SC(=CC=C2SC3=C(S2)SC(=c2c4ccccc4c(=C4SC5=C(SC(=CC=C6SC(C)C(C)S6)S5)S4)c4ccccc24)S3)SC1C. The van der Waals surface area contributed by atoms with Gasteiger partial charge in [0.05, 0.1) is 33.9 Å². The van der Waals surface area contributed by atoms with Gasteiger partial charge in [0.15, 0.2) is 0 Å². The van der Waals surface area contributed by atoms with E-state index in [-0.39, 0.29) is 0 Å². The Hall–Kier alpha value is 0.560. The molecule has 48 heavy (non-hydrogen) atoms. The molecule has 0 spiro atoms. The van der Waals surface area contributed by atoms with E-state index in [0.29, 0.717) is 21.0 Å². The quantitative estimate of drug-likeness (QED) is 0.226. The Bertz CT molecular complexity index is 1930. The summed E-state index contributed by atoms with van der Waals surface area (Å²) in [6, 6.07) is 18.2. The Kier molecular flexibility index (Phi) is 10.3. The van der Waals surface area contributed by atoms with Crippen molar-refractivity contribution in [1.29, 1.82) is 0 Å². The van der Waals surface area contributed by atoms with Gasteiger partial charge in [0.2, 0.25) is 0 Å². The van der Waals surface area contributed by atoms with Crippen molar-refractivity contribution in [2.24, 2.45) is 0 Å². The molecule has 6 aliphatic rings. The molecule has 0 radical (unpaired) electrons. The highest BCUT2D eigenvalue weighted by Gasteiger charge is 2.33. The van der Waals surface area contributed by atoms with Crippen molar-refractivity contribution < 1.29 is 0 Å². The van der Waals surface area contributed by atoms with Crippen LogP contribution in [-0.4, -0.2) is 21.0 Å². The molecule has 2 fully saturated rings. The van der Waals surface area contributed by atoms with Crippen LogP contribution in [0.4, 0.5) is 0 Å². The molecule has 2 saturated heterocycles. The first-order valence-corrected chi connectivity index (χ1v) is 25.5. The zero-order valence-corrected chi connectivity index (χ0v) is 35.9. The normalized spacial score (nSPS) is 27.0. The molecule has 4 unspecified atom stereocenters. The number of hydrogen-bond acceptors (Lipinski definition) is 12. The highest BCUT2D eigenvalue weighted by Crippen LogP contribution is 2.68. The maximum atomic E-state index is 2.35. The number of hydrogen-bond donors (Lipinski definition) is 0. The fraction of sp³-hybridized carbons (Fsp3) is 0.222. The zero-order chi connectivity index (χ0) is 32.5. The number of thioether (sulfide) groups is 12. The molecule has 244 valence electrons. The molecule has 0 aliphatic carbocycles. The maximum Gasteiger partial charge on any atom is 0.0717 e. The van der Waals surface area contributed by atoms with E-state index in [9.17, 15) is 0 Å². The molecule has 3 aromatic carbocycles. The third-order valence-electron chi connectivity index (χ3n) is 8.43. The number of fused-ring (bicyclic) bond motifs is 2. The van der Waals surface area contributed by atoms with Crippen molar-refractivity contribution in [3.8, 4) is 0 Å². The summed E-state index contributed by atoms with van der Waals surface area (Å²) in [5.41, 5.74) is 0. The molecule has 9 rings (SSSR count). The summed E-state index contributed by atoms with van der Waals surface area (Å²) in [5, 5.41) is 11.0. The minimum atomic E-state index is 0.691. The summed E-state index contributed by atoms with van der Waals surface area (Å²) < 4.78 is 14.3. The van der Waals surface area contributed by atoms with Gasteiger partial charge in [0.25, 0.3) is 0 Å². The van der Waals surface area contributed by atoms with Crippen LogP contribution in [0.1, 0.15) is 27.7 Å². The van der Waals surface area contributed by atoms with Crippen LogP contribution in [0.15, 0.2) is 107 Å². The van der Waals surface area contributed by atoms with Gasteiger partial charge in [0, 0.05) is 39.9 Å². The van der Waals surface area contributed by atoms with Gasteiger partial charge in [-0.15, -0.1) is 47.0 Å². The molecule has 6 aliphatic heterocycles. The summed E-state index contributed by atoms with van der Waals surface area (Å²) in [7, 11) is 0. The van der Waals surface area contributed by atoms with Crippen LogP contribution >= 0.6 is 141 Å². The number of rotatable bonds is 2. The Labute approximate surface area is 333 Å². The van der Waals surface area contributed by atoms with Gasteiger partial charge >= 0.3 is 0 Å². The van der Waals surface area contributed by atoms with Gasteiger partial charge in [0.1, 0.15) is 0 Å². The highest BCUT2D eigenvalue weighted by atomic mass is 32.3. The van der Waals surface area contributed by atoms with E-state index in [0.717, 1.165) is 0 Å². The van der Waals surface area contributed by atoms with E-state index in [1.807, 2.05) is 141 Å². The van der Waals surface area contributed by atoms with Crippen LogP contribution in [0.5, 0.6) is 0 Å². The van der Waals surface area contributed by atoms with Crippen molar-refractivity contribution in [1.82, 2.24) is 0 Å². The van der Waals surface area contributed by atoms with E-state index < -0.39 is 0 Å². The molecule has 0 N–H and O–H groups in total. The molecule has 0 amide bonds. The van der Waals surface area contributed by atoms with Crippen LogP contribution in [0.2, 0.25) is 0 Å². The maximum absolute atomic E-state index is 2.35. The second-order valence-corrected chi connectivity index (χ2v) is 28.2. The fourth-order valence-electron chi connectivity index (χ4n) is 5.71. The van der Waals surface area contributed by atoms with Gasteiger partial charge < -0.3 is 0 Å². The first-order valence-electron chi connectivity index (χ1n) is 15.5. The first-order chi connectivity index (χ1) is 23.4. The Morgan fingerprint density at radius 3 is 0.917 bits per heavy atom. The first kappa shape index (κ1) is 34.3. The minimum absolute atomic E-state index is 0.691. The summed E-state index contributed by atoms with van der Waals surface area (Å²) in [6.07, 6.45) is 9.37.